The third kappa shape index (κ3) is 3.20. The lowest BCUT2D eigenvalue weighted by molar-refractivity contribution is -0.144. The second-order valence-electron chi connectivity index (χ2n) is 4.21. The molecule has 1 aliphatic carbocycles. The van der Waals surface area contributed by atoms with Gasteiger partial charge in [0.1, 0.15) is 6.04 Å². The van der Waals surface area contributed by atoms with Crippen LogP contribution in [0.1, 0.15) is 32.6 Å². The van der Waals surface area contributed by atoms with E-state index >= 15 is 0 Å². The Kier molecular flexibility index (Phi) is 3.68. The first-order valence-electron chi connectivity index (χ1n) is 5.13. The highest BCUT2D eigenvalue weighted by atomic mass is 16.5. The van der Waals surface area contributed by atoms with E-state index in [2.05, 4.69) is 10.1 Å². The number of esters is 1. The first-order valence-corrected chi connectivity index (χ1v) is 5.13. The molecule has 1 unspecified atom stereocenters. The zero-order chi connectivity index (χ0) is 11.5. The summed E-state index contributed by atoms with van der Waals surface area (Å²) in [5.41, 5.74) is 5.56. The minimum Gasteiger partial charge on any atom is -0.467 e. The van der Waals surface area contributed by atoms with Crippen LogP contribution in [0.25, 0.3) is 0 Å². The molecule has 0 heterocycles. The molecule has 0 saturated heterocycles. The molecule has 0 radical (unpaired) electrons. The third-order valence-electron chi connectivity index (χ3n) is 2.79. The molecule has 0 aromatic carbocycles. The largest absolute Gasteiger partial charge is 0.467 e. The third-order valence-corrected chi connectivity index (χ3v) is 2.79. The van der Waals surface area contributed by atoms with Crippen molar-refractivity contribution in [2.45, 2.75) is 44.2 Å². The average Bonchev–Trinajstić information content (AvgIpc) is 2.13. The van der Waals surface area contributed by atoms with Crippen LogP contribution in [0.3, 0.4) is 0 Å². The number of hydrogen-bond donors (Lipinski definition) is 2. The number of nitrogens with two attached hydrogens (primary N) is 1. The number of methoxy groups -OCH3 is 1. The van der Waals surface area contributed by atoms with Gasteiger partial charge in [-0.15, -0.1) is 0 Å². The molecule has 0 spiro atoms. The Labute approximate surface area is 89.3 Å². The maximum atomic E-state index is 11.5. The van der Waals surface area contributed by atoms with Crippen molar-refractivity contribution >= 4 is 11.9 Å². The number of carbonyl (C=O) groups is 2. The van der Waals surface area contributed by atoms with Crippen LogP contribution in [-0.2, 0) is 14.3 Å². The monoisotopic (exact) mass is 214 g/mol. The fourth-order valence-corrected chi connectivity index (χ4v) is 1.66. The number of amides is 1. The van der Waals surface area contributed by atoms with Crippen molar-refractivity contribution in [1.29, 1.82) is 0 Å². The second-order valence-corrected chi connectivity index (χ2v) is 4.21. The van der Waals surface area contributed by atoms with E-state index in [1.165, 1.54) is 7.11 Å². The Balaban J connectivity index is 2.32. The summed E-state index contributed by atoms with van der Waals surface area (Å²) in [6, 6.07) is -0.605. The van der Waals surface area contributed by atoms with Crippen LogP contribution in [0.4, 0.5) is 0 Å². The Morgan fingerprint density at radius 1 is 1.53 bits per heavy atom. The summed E-state index contributed by atoms with van der Waals surface area (Å²) in [6.45, 7) is 1.59. The summed E-state index contributed by atoms with van der Waals surface area (Å²) in [5.74, 6) is -0.627. The fourth-order valence-electron chi connectivity index (χ4n) is 1.66. The highest BCUT2D eigenvalue weighted by Gasteiger charge is 2.35. The van der Waals surface area contributed by atoms with Crippen LogP contribution in [-0.4, -0.2) is 30.6 Å². The fraction of sp³-hybridized carbons (Fsp3) is 0.800. The predicted molar refractivity (Wildman–Crippen MR) is 55.0 cm³/mol. The Morgan fingerprint density at radius 3 is 2.53 bits per heavy atom. The average molecular weight is 214 g/mol. The van der Waals surface area contributed by atoms with Gasteiger partial charge in [0.25, 0.3) is 0 Å². The van der Waals surface area contributed by atoms with Crippen molar-refractivity contribution in [1.82, 2.24) is 5.32 Å². The SMILES string of the molecule is COC(=O)C(C)NC(=O)CC1(N)CCC1. The zero-order valence-corrected chi connectivity index (χ0v) is 9.21. The van der Waals surface area contributed by atoms with Crippen molar-refractivity contribution < 1.29 is 14.3 Å². The van der Waals surface area contributed by atoms with Crippen LogP contribution in [0.5, 0.6) is 0 Å². The van der Waals surface area contributed by atoms with Crippen LogP contribution in [0.15, 0.2) is 0 Å². The standard InChI is InChI=1S/C10H18N2O3/c1-7(9(14)15-2)12-8(13)6-10(11)4-3-5-10/h7H,3-6,11H2,1-2H3,(H,12,13). The van der Waals surface area contributed by atoms with Gasteiger partial charge in [-0.1, -0.05) is 0 Å². The number of rotatable bonds is 4. The van der Waals surface area contributed by atoms with Gasteiger partial charge in [-0.3, -0.25) is 4.79 Å². The number of hydrogen-bond acceptors (Lipinski definition) is 4. The maximum absolute atomic E-state index is 11.5. The van der Waals surface area contributed by atoms with Gasteiger partial charge < -0.3 is 15.8 Å². The van der Waals surface area contributed by atoms with Crippen molar-refractivity contribution in [3.05, 3.63) is 0 Å². The van der Waals surface area contributed by atoms with Gasteiger partial charge >= 0.3 is 5.97 Å². The first-order chi connectivity index (χ1) is 6.97. The molecule has 0 bridgehead atoms. The van der Waals surface area contributed by atoms with E-state index in [0.717, 1.165) is 19.3 Å². The smallest absolute Gasteiger partial charge is 0.328 e. The molecule has 5 nitrogen and oxygen atoms in total. The number of carbonyl (C=O) groups excluding carboxylic acids is 2. The summed E-state index contributed by atoms with van der Waals surface area (Å²) in [7, 11) is 1.29. The van der Waals surface area contributed by atoms with Gasteiger partial charge in [0, 0.05) is 12.0 Å². The molecular formula is C10H18N2O3. The van der Waals surface area contributed by atoms with Gasteiger partial charge in [0.15, 0.2) is 0 Å². The van der Waals surface area contributed by atoms with Gasteiger partial charge in [0.2, 0.25) is 5.91 Å². The van der Waals surface area contributed by atoms with E-state index in [-0.39, 0.29) is 17.9 Å². The van der Waals surface area contributed by atoms with Gasteiger partial charge in [-0.2, -0.15) is 0 Å². The number of ether oxygens (including phenoxy) is 1. The Morgan fingerprint density at radius 2 is 2.13 bits per heavy atom. The molecule has 0 aromatic heterocycles. The minimum absolute atomic E-state index is 0.185. The molecule has 0 aromatic rings. The molecule has 5 heteroatoms. The normalized spacial score (nSPS) is 19.9. The van der Waals surface area contributed by atoms with E-state index in [1.54, 1.807) is 6.92 Å². The van der Waals surface area contributed by atoms with Crippen molar-refractivity contribution in [3.63, 3.8) is 0 Å². The van der Waals surface area contributed by atoms with Crippen LogP contribution in [0, 0.1) is 0 Å². The summed E-state index contributed by atoms with van der Waals surface area (Å²) in [4.78, 5) is 22.5. The molecule has 1 aliphatic rings. The highest BCUT2D eigenvalue weighted by molar-refractivity contribution is 5.84. The van der Waals surface area contributed by atoms with Crippen molar-refractivity contribution in [3.8, 4) is 0 Å². The molecule has 86 valence electrons. The molecule has 1 atom stereocenters. The quantitative estimate of drug-likeness (QED) is 0.642. The molecule has 1 amide bonds. The van der Waals surface area contributed by atoms with E-state index < -0.39 is 12.0 Å². The molecule has 1 rings (SSSR count). The summed E-state index contributed by atoms with van der Waals surface area (Å²) in [5, 5.41) is 2.56. The van der Waals surface area contributed by atoms with Gasteiger partial charge in [-0.25, -0.2) is 4.79 Å². The van der Waals surface area contributed by atoms with Crippen LogP contribution < -0.4 is 11.1 Å². The van der Waals surface area contributed by atoms with Crippen LogP contribution in [0.2, 0.25) is 0 Å². The zero-order valence-electron chi connectivity index (χ0n) is 9.21. The summed E-state index contributed by atoms with van der Waals surface area (Å²) in [6.07, 6.45) is 3.13. The molecule has 15 heavy (non-hydrogen) atoms. The Hall–Kier alpha value is -1.10. The molecular weight excluding hydrogens is 196 g/mol. The van der Waals surface area contributed by atoms with E-state index in [9.17, 15) is 9.59 Å². The van der Waals surface area contributed by atoms with Crippen molar-refractivity contribution in [2.75, 3.05) is 7.11 Å². The Bertz CT molecular complexity index is 261. The molecule has 0 aliphatic heterocycles. The summed E-state index contributed by atoms with van der Waals surface area (Å²) >= 11 is 0. The van der Waals surface area contributed by atoms with Gasteiger partial charge in [-0.05, 0) is 26.2 Å². The molecule has 1 fully saturated rings. The van der Waals surface area contributed by atoms with Gasteiger partial charge in [0.05, 0.1) is 7.11 Å². The molecule has 1 saturated carbocycles. The lowest BCUT2D eigenvalue weighted by Crippen LogP contribution is -2.51. The predicted octanol–water partition coefficient (Wildman–Crippen LogP) is -0.0644. The maximum Gasteiger partial charge on any atom is 0.328 e. The number of nitrogens with one attached hydrogen (secondary N) is 1. The van der Waals surface area contributed by atoms with E-state index in [1.807, 2.05) is 0 Å². The van der Waals surface area contributed by atoms with E-state index in [0.29, 0.717) is 0 Å². The summed E-state index contributed by atoms with van der Waals surface area (Å²) < 4.78 is 4.50. The van der Waals surface area contributed by atoms with E-state index in [4.69, 9.17) is 5.73 Å². The topological polar surface area (TPSA) is 81.4 Å². The minimum atomic E-state index is -0.605. The van der Waals surface area contributed by atoms with Crippen LogP contribution >= 0.6 is 0 Å². The lowest BCUT2D eigenvalue weighted by atomic mass is 9.75. The second kappa shape index (κ2) is 4.61. The van der Waals surface area contributed by atoms with Crippen molar-refractivity contribution in [2.24, 2.45) is 5.73 Å². The molecule has 3 N–H and O–H groups in total. The lowest BCUT2D eigenvalue weighted by Gasteiger charge is -2.37. The highest BCUT2D eigenvalue weighted by Crippen LogP contribution is 2.31. The first kappa shape index (κ1) is 12.0.